The molecule has 1 amide bonds. The van der Waals surface area contributed by atoms with Crippen molar-refractivity contribution < 1.29 is 55.3 Å². The summed E-state index contributed by atoms with van der Waals surface area (Å²) in [6, 6.07) is 16.2. The van der Waals surface area contributed by atoms with Gasteiger partial charge in [0.1, 0.15) is 11.6 Å². The van der Waals surface area contributed by atoms with E-state index in [2.05, 4.69) is 69.9 Å². The molecule has 3 heterocycles. The molecule has 0 bridgehead atoms. The van der Waals surface area contributed by atoms with Crippen LogP contribution in [0.25, 0.3) is 0 Å². The molecule has 0 aliphatic carbocycles. The molecule has 2 aromatic carbocycles. The number of carbonyl (C=O) groups excluding carboxylic acids is 1. The molecular weight excluding hydrogens is 741 g/mol. The Hall–Kier alpha value is -4.97. The fourth-order valence-electron chi connectivity index (χ4n) is 6.19. The molecule has 2 aliphatic rings. The van der Waals surface area contributed by atoms with Gasteiger partial charge in [-0.25, -0.2) is 19.0 Å². The van der Waals surface area contributed by atoms with Crippen LogP contribution < -0.4 is 15.5 Å². The molecule has 3 aromatic rings. The van der Waals surface area contributed by atoms with Crippen molar-refractivity contribution in [3.8, 4) is 0 Å². The van der Waals surface area contributed by atoms with Gasteiger partial charge in [-0.3, -0.25) is 9.69 Å². The summed E-state index contributed by atoms with van der Waals surface area (Å²) in [7, 11) is 0. The van der Waals surface area contributed by atoms with E-state index in [0.29, 0.717) is 26.2 Å². The predicted molar refractivity (Wildman–Crippen MR) is 192 cm³/mol. The van der Waals surface area contributed by atoms with Gasteiger partial charge in [0.2, 0.25) is 0 Å². The molecule has 2 saturated heterocycles. The molecule has 4 N–H and O–H groups in total. The van der Waals surface area contributed by atoms with Crippen LogP contribution >= 0.6 is 0 Å². The molecular formula is C37H45F7N6O5. The van der Waals surface area contributed by atoms with Gasteiger partial charge in [0, 0.05) is 69.7 Å². The zero-order valence-electron chi connectivity index (χ0n) is 30.6. The molecule has 18 heteroatoms. The summed E-state index contributed by atoms with van der Waals surface area (Å²) in [4.78, 5) is 44.9. The minimum atomic E-state index is -5.08. The molecule has 302 valence electrons. The van der Waals surface area contributed by atoms with Crippen LogP contribution in [-0.4, -0.2) is 114 Å². The number of pyridine rings is 1. The van der Waals surface area contributed by atoms with Crippen LogP contribution in [0.1, 0.15) is 46.0 Å². The fraction of sp³-hybridized carbons (Fsp3) is 0.459. The number of carbonyl (C=O) groups is 3. The maximum atomic E-state index is 13.8. The van der Waals surface area contributed by atoms with Crippen molar-refractivity contribution in [1.29, 1.82) is 0 Å². The van der Waals surface area contributed by atoms with Crippen molar-refractivity contribution in [1.82, 2.24) is 14.8 Å². The molecule has 0 saturated carbocycles. The first-order chi connectivity index (χ1) is 25.7. The minimum absolute atomic E-state index is 0.0214. The smallest absolute Gasteiger partial charge is 0.475 e. The van der Waals surface area contributed by atoms with Gasteiger partial charge in [-0.1, -0.05) is 24.3 Å². The number of nitrogens with zero attached hydrogens (tertiary/aromatic N) is 5. The van der Waals surface area contributed by atoms with E-state index >= 15 is 0 Å². The van der Waals surface area contributed by atoms with Crippen molar-refractivity contribution in [2.45, 2.75) is 58.6 Å². The Balaban J connectivity index is 0.000000494. The summed E-state index contributed by atoms with van der Waals surface area (Å²) in [5.74, 6) is -5.02. The van der Waals surface area contributed by atoms with E-state index in [4.69, 9.17) is 25.5 Å². The van der Waals surface area contributed by atoms with Crippen LogP contribution in [0.2, 0.25) is 0 Å². The average molecular weight is 787 g/mol. The maximum Gasteiger partial charge on any atom is 0.490 e. The van der Waals surface area contributed by atoms with Crippen LogP contribution in [0.5, 0.6) is 0 Å². The monoisotopic (exact) mass is 786 g/mol. The number of halogens is 7. The number of rotatable bonds is 8. The molecule has 2 aliphatic heterocycles. The highest BCUT2D eigenvalue weighted by Crippen LogP contribution is 2.26. The SMILES string of the molecule is Cc1cc(C)c(C(=O)N2CCN(c3ccc(F)cn3)C[C@H]2C)cc1CN1CCN(c2ccccc2CCCN)CC1.O=C(O)C(F)(F)F.O=C(O)C(F)(F)F. The topological polar surface area (TPSA) is 144 Å². The average Bonchev–Trinajstić information content (AvgIpc) is 3.12. The molecule has 0 radical (unpaired) electrons. The summed E-state index contributed by atoms with van der Waals surface area (Å²) in [5, 5.41) is 14.2. The quantitative estimate of drug-likeness (QED) is 0.245. The second-order valence-electron chi connectivity index (χ2n) is 13.1. The Labute approximate surface area is 314 Å². The van der Waals surface area contributed by atoms with Crippen LogP contribution in [0.4, 0.5) is 42.2 Å². The van der Waals surface area contributed by atoms with Gasteiger partial charge in [0.25, 0.3) is 5.91 Å². The van der Waals surface area contributed by atoms with E-state index < -0.39 is 24.3 Å². The molecule has 11 nitrogen and oxygen atoms in total. The molecule has 1 aromatic heterocycles. The van der Waals surface area contributed by atoms with Gasteiger partial charge < -0.3 is 30.6 Å². The number of aryl methyl sites for hydroxylation is 3. The van der Waals surface area contributed by atoms with Crippen molar-refractivity contribution in [2.75, 3.05) is 62.2 Å². The van der Waals surface area contributed by atoms with Crippen molar-refractivity contribution in [3.63, 3.8) is 0 Å². The summed E-state index contributed by atoms with van der Waals surface area (Å²) < 4.78 is 76.8. The predicted octanol–water partition coefficient (Wildman–Crippen LogP) is 5.67. The summed E-state index contributed by atoms with van der Waals surface area (Å²) >= 11 is 0. The van der Waals surface area contributed by atoms with E-state index in [9.17, 15) is 35.5 Å². The Morgan fingerprint density at radius 1 is 0.818 bits per heavy atom. The number of aromatic nitrogens is 1. The largest absolute Gasteiger partial charge is 0.490 e. The number of para-hydroxylation sites is 1. The van der Waals surface area contributed by atoms with E-state index in [0.717, 1.165) is 62.5 Å². The third kappa shape index (κ3) is 13.1. The maximum absolute atomic E-state index is 13.8. The van der Waals surface area contributed by atoms with Gasteiger partial charge in [-0.2, -0.15) is 26.3 Å². The highest BCUT2D eigenvalue weighted by Gasteiger charge is 2.39. The first-order valence-corrected chi connectivity index (χ1v) is 17.4. The van der Waals surface area contributed by atoms with E-state index in [1.165, 1.54) is 34.6 Å². The van der Waals surface area contributed by atoms with E-state index in [1.807, 2.05) is 11.8 Å². The van der Waals surface area contributed by atoms with Crippen molar-refractivity contribution in [3.05, 3.63) is 88.4 Å². The van der Waals surface area contributed by atoms with Gasteiger partial charge in [0.15, 0.2) is 0 Å². The lowest BCUT2D eigenvalue weighted by atomic mass is 9.97. The summed E-state index contributed by atoms with van der Waals surface area (Å²) in [6.45, 7) is 13.7. The van der Waals surface area contributed by atoms with Gasteiger partial charge >= 0.3 is 24.3 Å². The zero-order valence-corrected chi connectivity index (χ0v) is 30.6. The Morgan fingerprint density at radius 2 is 1.40 bits per heavy atom. The molecule has 0 unspecified atom stereocenters. The molecule has 0 spiro atoms. The number of benzene rings is 2. The second-order valence-corrected chi connectivity index (χ2v) is 13.1. The third-order valence-corrected chi connectivity index (χ3v) is 9.07. The Kier molecular flexibility index (Phi) is 15.8. The molecule has 55 heavy (non-hydrogen) atoms. The van der Waals surface area contributed by atoms with E-state index in [1.54, 1.807) is 6.07 Å². The lowest BCUT2D eigenvalue weighted by Gasteiger charge is -2.40. The summed E-state index contributed by atoms with van der Waals surface area (Å²) in [5.41, 5.74) is 12.7. The van der Waals surface area contributed by atoms with Crippen molar-refractivity contribution in [2.24, 2.45) is 5.73 Å². The summed E-state index contributed by atoms with van der Waals surface area (Å²) in [6.07, 6.45) is -6.90. The van der Waals surface area contributed by atoms with Gasteiger partial charge in [-0.05, 0) is 86.7 Å². The Bertz CT molecular complexity index is 1730. The number of anilines is 2. The number of carboxylic acid groups (broad SMARTS) is 2. The lowest BCUT2D eigenvalue weighted by Crippen LogP contribution is -2.54. The highest BCUT2D eigenvalue weighted by molar-refractivity contribution is 5.96. The highest BCUT2D eigenvalue weighted by atomic mass is 19.4. The Morgan fingerprint density at radius 3 is 1.93 bits per heavy atom. The number of hydrogen-bond donors (Lipinski definition) is 3. The number of hydrogen-bond acceptors (Lipinski definition) is 8. The number of alkyl halides is 6. The van der Waals surface area contributed by atoms with Crippen molar-refractivity contribution >= 4 is 29.4 Å². The number of carboxylic acids is 2. The number of nitrogens with two attached hydrogens (primary N) is 1. The standard InChI is InChI=1S/C33H43FN6O.2C2HF3O2/c1-24-19-25(2)30(33(41)40-18-17-39(22-26(40)3)32-11-10-29(34)21-36-32)20-28(24)23-37-13-15-38(16-14-37)31-9-5-4-7-27(31)8-6-12-35;2*3-2(4,5)1(6)7/h4-5,7,9-11,19-21,26H,6,8,12-18,22-23,35H2,1-3H3;2*(H,6,7)/t26-;;/m1../s1. The zero-order chi connectivity index (χ0) is 41.1. The number of amides is 1. The normalized spacial score (nSPS) is 16.4. The fourth-order valence-corrected chi connectivity index (χ4v) is 6.19. The van der Waals surface area contributed by atoms with Gasteiger partial charge in [0.05, 0.1) is 6.20 Å². The van der Waals surface area contributed by atoms with Crippen LogP contribution in [0.3, 0.4) is 0 Å². The van der Waals surface area contributed by atoms with Gasteiger partial charge in [-0.15, -0.1) is 0 Å². The first kappa shape index (κ1) is 44.4. The molecule has 1 atom stereocenters. The van der Waals surface area contributed by atoms with Crippen LogP contribution in [0.15, 0.2) is 54.7 Å². The minimum Gasteiger partial charge on any atom is -0.475 e. The van der Waals surface area contributed by atoms with Crippen LogP contribution in [-0.2, 0) is 22.6 Å². The molecule has 2 fully saturated rings. The molecule has 5 rings (SSSR count). The second kappa shape index (κ2) is 19.6. The number of aliphatic carboxylic acids is 2. The number of piperazine rings is 2. The third-order valence-electron chi connectivity index (χ3n) is 9.07. The van der Waals surface area contributed by atoms with Crippen LogP contribution in [0, 0.1) is 19.7 Å². The lowest BCUT2D eigenvalue weighted by molar-refractivity contribution is -0.193. The first-order valence-electron chi connectivity index (χ1n) is 17.4. The van der Waals surface area contributed by atoms with E-state index in [-0.39, 0.29) is 17.8 Å².